The summed E-state index contributed by atoms with van der Waals surface area (Å²) in [7, 11) is -2.15. The van der Waals surface area contributed by atoms with Crippen LogP contribution in [0.1, 0.15) is 24.2 Å². The number of thioether (sulfide) groups is 1. The molecule has 0 unspecified atom stereocenters. The number of carbonyl (C=O) groups is 1. The Morgan fingerprint density at radius 2 is 2.15 bits per heavy atom. The minimum absolute atomic E-state index is 0.0899. The Bertz CT molecular complexity index is 593. The van der Waals surface area contributed by atoms with Crippen molar-refractivity contribution in [1.29, 1.82) is 0 Å². The number of nitrogens with one attached hydrogen (secondary N) is 1. The van der Waals surface area contributed by atoms with Gasteiger partial charge in [0.25, 0.3) is 11.8 Å². The second-order valence-electron chi connectivity index (χ2n) is 5.08. The predicted octanol–water partition coefficient (Wildman–Crippen LogP) is 0.630. The highest BCUT2D eigenvalue weighted by Crippen LogP contribution is 2.19. The van der Waals surface area contributed by atoms with Gasteiger partial charge in [-0.3, -0.25) is 9.48 Å². The van der Waals surface area contributed by atoms with Crippen molar-refractivity contribution in [2.24, 2.45) is 7.05 Å². The summed E-state index contributed by atoms with van der Waals surface area (Å²) in [5.74, 6) is 0.0876. The molecule has 0 atom stereocenters. The molecule has 1 amide bonds. The zero-order valence-corrected chi connectivity index (χ0v) is 13.8. The molecule has 0 aliphatic carbocycles. The van der Waals surface area contributed by atoms with Gasteiger partial charge in [0.15, 0.2) is 0 Å². The molecule has 20 heavy (non-hydrogen) atoms. The van der Waals surface area contributed by atoms with E-state index in [-0.39, 0.29) is 11.4 Å². The topological polar surface area (TPSA) is 90.3 Å². The SMILES string of the molecule is CSCC(C)(C)NC(=O)c1cn(C)nc1OS(C)(=O)=O. The van der Waals surface area contributed by atoms with Crippen molar-refractivity contribution in [2.75, 3.05) is 18.3 Å². The van der Waals surface area contributed by atoms with Crippen LogP contribution in [0.2, 0.25) is 0 Å². The first-order chi connectivity index (χ1) is 9.04. The monoisotopic (exact) mass is 321 g/mol. The van der Waals surface area contributed by atoms with Crippen molar-refractivity contribution in [2.45, 2.75) is 19.4 Å². The molecule has 0 aliphatic heterocycles. The summed E-state index contributed by atoms with van der Waals surface area (Å²) in [6, 6.07) is 0. The van der Waals surface area contributed by atoms with Crippen molar-refractivity contribution < 1.29 is 17.4 Å². The molecule has 1 heterocycles. The fourth-order valence-electron chi connectivity index (χ4n) is 1.60. The molecule has 0 saturated carbocycles. The quantitative estimate of drug-likeness (QED) is 0.773. The van der Waals surface area contributed by atoms with E-state index in [0.717, 1.165) is 12.0 Å². The molecule has 1 aromatic rings. The highest BCUT2D eigenvalue weighted by molar-refractivity contribution is 7.98. The molecule has 9 heteroatoms. The highest BCUT2D eigenvalue weighted by Gasteiger charge is 2.25. The average molecular weight is 321 g/mol. The second kappa shape index (κ2) is 6.04. The second-order valence-corrected chi connectivity index (χ2v) is 7.52. The Morgan fingerprint density at radius 1 is 1.55 bits per heavy atom. The van der Waals surface area contributed by atoms with Gasteiger partial charge in [-0.25, -0.2) is 0 Å². The first-order valence-electron chi connectivity index (χ1n) is 5.78. The van der Waals surface area contributed by atoms with Crippen LogP contribution >= 0.6 is 11.8 Å². The van der Waals surface area contributed by atoms with E-state index in [2.05, 4.69) is 10.4 Å². The van der Waals surface area contributed by atoms with Crippen LogP contribution in [0.15, 0.2) is 6.20 Å². The summed E-state index contributed by atoms with van der Waals surface area (Å²) in [6.45, 7) is 3.77. The van der Waals surface area contributed by atoms with Gasteiger partial charge in [-0.1, -0.05) is 0 Å². The lowest BCUT2D eigenvalue weighted by molar-refractivity contribution is 0.0919. The van der Waals surface area contributed by atoms with E-state index in [1.807, 2.05) is 20.1 Å². The fourth-order valence-corrected chi connectivity index (χ4v) is 2.80. The van der Waals surface area contributed by atoms with Gasteiger partial charge in [-0.05, 0) is 20.1 Å². The van der Waals surface area contributed by atoms with Crippen molar-refractivity contribution >= 4 is 27.8 Å². The number of amides is 1. The van der Waals surface area contributed by atoms with Crippen LogP contribution < -0.4 is 9.50 Å². The Kier molecular flexibility index (Phi) is 5.09. The van der Waals surface area contributed by atoms with E-state index in [1.165, 1.54) is 10.9 Å². The Morgan fingerprint density at radius 3 is 2.65 bits per heavy atom. The molecule has 1 N–H and O–H groups in total. The first kappa shape index (κ1) is 16.8. The van der Waals surface area contributed by atoms with E-state index in [0.29, 0.717) is 0 Å². The molecular formula is C11H19N3O4S2. The number of hydrogen-bond donors (Lipinski definition) is 1. The van der Waals surface area contributed by atoms with Gasteiger partial charge in [0.1, 0.15) is 5.56 Å². The van der Waals surface area contributed by atoms with Gasteiger partial charge in [0, 0.05) is 24.5 Å². The third-order valence-corrected chi connectivity index (χ3v) is 3.70. The van der Waals surface area contributed by atoms with Crippen LogP contribution in [0.5, 0.6) is 5.88 Å². The van der Waals surface area contributed by atoms with Gasteiger partial charge in [-0.15, -0.1) is 5.10 Å². The summed E-state index contributed by atoms with van der Waals surface area (Å²) in [4.78, 5) is 12.2. The lowest BCUT2D eigenvalue weighted by Gasteiger charge is -2.25. The maximum Gasteiger partial charge on any atom is 0.307 e. The van der Waals surface area contributed by atoms with E-state index in [9.17, 15) is 13.2 Å². The van der Waals surface area contributed by atoms with Crippen molar-refractivity contribution in [3.8, 4) is 5.88 Å². The third kappa shape index (κ3) is 5.04. The first-order valence-corrected chi connectivity index (χ1v) is 9.00. The average Bonchev–Trinajstić information content (AvgIpc) is 2.55. The van der Waals surface area contributed by atoms with Crippen LogP contribution in [-0.4, -0.2) is 47.9 Å². The van der Waals surface area contributed by atoms with Crippen molar-refractivity contribution in [1.82, 2.24) is 15.1 Å². The zero-order chi connectivity index (χ0) is 15.6. The van der Waals surface area contributed by atoms with Crippen molar-refractivity contribution in [3.05, 3.63) is 11.8 Å². The maximum absolute atomic E-state index is 12.2. The summed E-state index contributed by atoms with van der Waals surface area (Å²) < 4.78 is 28.4. The summed E-state index contributed by atoms with van der Waals surface area (Å²) in [6.07, 6.45) is 4.27. The lowest BCUT2D eigenvalue weighted by atomic mass is 10.1. The smallest absolute Gasteiger partial charge is 0.307 e. The number of aromatic nitrogens is 2. The molecule has 0 aromatic carbocycles. The highest BCUT2D eigenvalue weighted by atomic mass is 32.2. The lowest BCUT2D eigenvalue weighted by Crippen LogP contribution is -2.45. The van der Waals surface area contributed by atoms with Crippen LogP contribution in [-0.2, 0) is 17.2 Å². The molecule has 114 valence electrons. The number of rotatable bonds is 6. The van der Waals surface area contributed by atoms with Gasteiger partial charge in [0.2, 0.25) is 0 Å². The van der Waals surface area contributed by atoms with Crippen LogP contribution in [0.3, 0.4) is 0 Å². The third-order valence-electron chi connectivity index (χ3n) is 2.23. The minimum Gasteiger partial charge on any atom is -0.359 e. The Labute approximate surface area is 123 Å². The van der Waals surface area contributed by atoms with Gasteiger partial charge >= 0.3 is 10.1 Å². The van der Waals surface area contributed by atoms with Gasteiger partial charge in [0.05, 0.1) is 6.26 Å². The van der Waals surface area contributed by atoms with E-state index in [1.54, 1.807) is 18.8 Å². The van der Waals surface area contributed by atoms with Crippen LogP contribution in [0.4, 0.5) is 0 Å². The molecule has 0 bridgehead atoms. The number of aryl methyl sites for hydroxylation is 1. The van der Waals surface area contributed by atoms with E-state index >= 15 is 0 Å². The number of nitrogens with zero attached hydrogens (tertiary/aromatic N) is 2. The molecule has 7 nitrogen and oxygen atoms in total. The van der Waals surface area contributed by atoms with Crippen molar-refractivity contribution in [3.63, 3.8) is 0 Å². The summed E-state index contributed by atoms with van der Waals surface area (Å²) in [5.41, 5.74) is -0.332. The molecule has 1 aromatic heterocycles. The van der Waals surface area contributed by atoms with Gasteiger partial charge in [-0.2, -0.15) is 20.2 Å². The number of carbonyl (C=O) groups excluding carboxylic acids is 1. The van der Waals surface area contributed by atoms with Gasteiger partial charge < -0.3 is 9.50 Å². The predicted molar refractivity (Wildman–Crippen MR) is 78.6 cm³/mol. The molecule has 0 radical (unpaired) electrons. The number of hydrogen-bond acceptors (Lipinski definition) is 6. The molecule has 1 rings (SSSR count). The Hall–Kier alpha value is -1.22. The molecule has 0 saturated heterocycles. The standard InChI is InChI=1S/C11H19N3O4S2/c1-11(2,7-19-4)12-9(15)8-6-14(3)13-10(8)18-20(5,16)17/h6H,7H2,1-5H3,(H,12,15). The van der Waals surface area contributed by atoms with Crippen LogP contribution in [0.25, 0.3) is 0 Å². The van der Waals surface area contributed by atoms with E-state index in [4.69, 9.17) is 4.18 Å². The summed E-state index contributed by atoms with van der Waals surface area (Å²) >= 11 is 1.60. The zero-order valence-electron chi connectivity index (χ0n) is 12.1. The minimum atomic E-state index is -3.73. The normalized spacial score (nSPS) is 12.2. The van der Waals surface area contributed by atoms with E-state index < -0.39 is 21.6 Å². The molecule has 0 spiro atoms. The molecule has 0 aliphatic rings. The fraction of sp³-hybridized carbons (Fsp3) is 0.636. The largest absolute Gasteiger partial charge is 0.359 e. The molecular weight excluding hydrogens is 302 g/mol. The summed E-state index contributed by atoms with van der Waals surface area (Å²) in [5, 5.41) is 6.67. The van der Waals surface area contributed by atoms with Crippen LogP contribution in [0, 0.1) is 0 Å². The molecule has 0 fully saturated rings. The maximum atomic E-state index is 12.2. The Balaban J connectivity index is 2.99.